The molecule has 0 saturated carbocycles. The normalized spacial score (nSPS) is 11.9. The highest BCUT2D eigenvalue weighted by molar-refractivity contribution is 8.13. The van der Waals surface area contributed by atoms with Crippen LogP contribution in [0.3, 0.4) is 0 Å². The van der Waals surface area contributed by atoms with Gasteiger partial charge >= 0.3 is 0 Å². The maximum atomic E-state index is 11.0. The van der Waals surface area contributed by atoms with E-state index in [2.05, 4.69) is 24.8 Å². The smallest absolute Gasteiger partial charge is 0.248 e. The van der Waals surface area contributed by atoms with E-state index >= 15 is 0 Å². The monoisotopic (exact) mass is 279 g/mol. The maximum absolute atomic E-state index is 11.0. The van der Waals surface area contributed by atoms with Crippen molar-refractivity contribution in [3.05, 3.63) is 5.69 Å². The lowest BCUT2D eigenvalue weighted by atomic mass is 10.3. The standard InChI is InChI=1S/C6H6ClN5O2S2/c1-2-3-4(15-12-9-3)5-8-6(11-10-5)16(7,13)14/h2H2,1H3,(H,8,10,11). The number of nitrogens with one attached hydrogen (secondary N) is 1. The Labute approximate surface area is 99.5 Å². The van der Waals surface area contributed by atoms with Gasteiger partial charge in [-0.15, -0.1) is 5.10 Å². The molecule has 0 bridgehead atoms. The fourth-order valence-corrected chi connectivity index (χ4v) is 2.31. The highest BCUT2D eigenvalue weighted by Crippen LogP contribution is 2.24. The van der Waals surface area contributed by atoms with Gasteiger partial charge in [0.05, 0.1) is 5.69 Å². The summed E-state index contributed by atoms with van der Waals surface area (Å²) in [7, 11) is 1.23. The number of nitrogens with zero attached hydrogens (tertiary/aromatic N) is 4. The van der Waals surface area contributed by atoms with Crippen LogP contribution in [0.2, 0.25) is 0 Å². The first-order chi connectivity index (χ1) is 7.52. The lowest BCUT2D eigenvalue weighted by Crippen LogP contribution is -1.93. The molecule has 2 aromatic heterocycles. The van der Waals surface area contributed by atoms with Crippen LogP contribution >= 0.6 is 22.2 Å². The molecule has 0 aliphatic heterocycles. The van der Waals surface area contributed by atoms with Crippen molar-refractivity contribution in [2.75, 3.05) is 0 Å². The van der Waals surface area contributed by atoms with Crippen molar-refractivity contribution in [2.45, 2.75) is 18.5 Å². The molecule has 0 aromatic carbocycles. The Balaban J connectivity index is 2.47. The molecule has 0 atom stereocenters. The number of rotatable bonds is 3. The van der Waals surface area contributed by atoms with E-state index in [-0.39, 0.29) is 11.0 Å². The Bertz CT molecular complexity index is 604. The van der Waals surface area contributed by atoms with Gasteiger partial charge in [0.15, 0.2) is 5.82 Å². The van der Waals surface area contributed by atoms with Crippen LogP contribution in [0.15, 0.2) is 5.16 Å². The van der Waals surface area contributed by atoms with Crippen molar-refractivity contribution >= 4 is 31.3 Å². The van der Waals surface area contributed by atoms with E-state index < -0.39 is 9.05 Å². The van der Waals surface area contributed by atoms with Gasteiger partial charge in [0, 0.05) is 10.7 Å². The summed E-state index contributed by atoms with van der Waals surface area (Å²) in [6.07, 6.45) is 0.670. The SMILES string of the molecule is CCc1nnsc1-c1n[nH]c(S(=O)(=O)Cl)n1. The molecule has 0 fully saturated rings. The quantitative estimate of drug-likeness (QED) is 0.835. The third-order valence-electron chi connectivity index (χ3n) is 1.79. The first-order valence-electron chi connectivity index (χ1n) is 4.21. The van der Waals surface area contributed by atoms with Gasteiger partial charge in [-0.25, -0.2) is 13.5 Å². The minimum atomic E-state index is -3.89. The number of aryl methyl sites for hydroxylation is 1. The third kappa shape index (κ3) is 2.06. The van der Waals surface area contributed by atoms with Crippen molar-refractivity contribution in [2.24, 2.45) is 0 Å². The summed E-state index contributed by atoms with van der Waals surface area (Å²) >= 11 is 1.11. The average molecular weight is 280 g/mol. The Kier molecular flexibility index (Phi) is 2.91. The van der Waals surface area contributed by atoms with Gasteiger partial charge in [-0.05, 0) is 18.0 Å². The lowest BCUT2D eigenvalue weighted by Gasteiger charge is -1.89. The van der Waals surface area contributed by atoms with Crippen LogP contribution in [0.4, 0.5) is 0 Å². The van der Waals surface area contributed by atoms with Gasteiger partial charge in [-0.3, -0.25) is 0 Å². The van der Waals surface area contributed by atoms with E-state index in [0.29, 0.717) is 11.3 Å². The van der Waals surface area contributed by atoms with Crippen LogP contribution in [0.1, 0.15) is 12.6 Å². The molecule has 0 amide bonds. The number of hydrogen-bond donors (Lipinski definition) is 1. The van der Waals surface area contributed by atoms with Crippen molar-refractivity contribution < 1.29 is 8.42 Å². The van der Waals surface area contributed by atoms with Gasteiger partial charge in [0.1, 0.15) is 4.88 Å². The zero-order valence-corrected chi connectivity index (χ0v) is 10.4. The highest BCUT2D eigenvalue weighted by atomic mass is 35.7. The number of hydrogen-bond acceptors (Lipinski definition) is 7. The van der Waals surface area contributed by atoms with Crippen molar-refractivity contribution in [1.82, 2.24) is 24.8 Å². The number of H-pyrrole nitrogens is 1. The molecule has 2 heterocycles. The molecule has 0 saturated heterocycles. The number of aromatic amines is 1. The minimum Gasteiger partial charge on any atom is -0.248 e. The molecule has 16 heavy (non-hydrogen) atoms. The summed E-state index contributed by atoms with van der Waals surface area (Å²) in [5.41, 5.74) is 0.725. The zero-order chi connectivity index (χ0) is 11.8. The van der Waals surface area contributed by atoms with Crippen LogP contribution in [0, 0.1) is 0 Å². The van der Waals surface area contributed by atoms with E-state index in [4.69, 9.17) is 10.7 Å². The lowest BCUT2D eigenvalue weighted by molar-refractivity contribution is 0.602. The third-order valence-corrected chi connectivity index (χ3v) is 3.64. The Morgan fingerprint density at radius 1 is 1.50 bits per heavy atom. The average Bonchev–Trinajstić information content (AvgIpc) is 2.84. The first-order valence-corrected chi connectivity index (χ1v) is 7.29. The summed E-state index contributed by atoms with van der Waals surface area (Å²) in [5.74, 6) is 0.242. The summed E-state index contributed by atoms with van der Waals surface area (Å²) < 4.78 is 25.7. The number of halogens is 1. The van der Waals surface area contributed by atoms with E-state index in [1.54, 1.807) is 0 Å². The molecular weight excluding hydrogens is 274 g/mol. The van der Waals surface area contributed by atoms with Gasteiger partial charge < -0.3 is 0 Å². The maximum Gasteiger partial charge on any atom is 0.296 e. The highest BCUT2D eigenvalue weighted by Gasteiger charge is 2.19. The van der Waals surface area contributed by atoms with E-state index in [1.165, 1.54) is 0 Å². The summed E-state index contributed by atoms with van der Waals surface area (Å²) in [6.45, 7) is 1.91. The van der Waals surface area contributed by atoms with Gasteiger partial charge in [-0.2, -0.15) is 10.1 Å². The van der Waals surface area contributed by atoms with E-state index in [1.807, 2.05) is 6.92 Å². The Hall–Kier alpha value is -1.06. The van der Waals surface area contributed by atoms with Crippen molar-refractivity contribution in [1.29, 1.82) is 0 Å². The van der Waals surface area contributed by atoms with Crippen LogP contribution in [-0.4, -0.2) is 33.2 Å². The van der Waals surface area contributed by atoms with Gasteiger partial charge in [0.2, 0.25) is 0 Å². The topological polar surface area (TPSA) is 101 Å². The summed E-state index contributed by atoms with van der Waals surface area (Å²) in [6, 6.07) is 0. The number of aromatic nitrogens is 5. The summed E-state index contributed by atoms with van der Waals surface area (Å²) in [5, 5.41) is 9.52. The largest absolute Gasteiger partial charge is 0.296 e. The van der Waals surface area contributed by atoms with E-state index in [0.717, 1.165) is 17.2 Å². The molecule has 0 aliphatic carbocycles. The van der Waals surface area contributed by atoms with Crippen LogP contribution < -0.4 is 0 Å². The first kappa shape index (κ1) is 11.4. The molecule has 0 unspecified atom stereocenters. The predicted molar refractivity (Wildman–Crippen MR) is 57.7 cm³/mol. The molecule has 2 aromatic rings. The van der Waals surface area contributed by atoms with Gasteiger partial charge in [0.25, 0.3) is 14.2 Å². The molecule has 0 spiro atoms. The molecule has 10 heteroatoms. The Morgan fingerprint density at radius 2 is 2.25 bits per heavy atom. The fraction of sp³-hybridized carbons (Fsp3) is 0.333. The molecule has 1 N–H and O–H groups in total. The molecular formula is C6H6ClN5O2S2. The van der Waals surface area contributed by atoms with E-state index in [9.17, 15) is 8.42 Å². The fourth-order valence-electron chi connectivity index (χ4n) is 1.07. The van der Waals surface area contributed by atoms with Crippen LogP contribution in [0.5, 0.6) is 0 Å². The van der Waals surface area contributed by atoms with Crippen LogP contribution in [-0.2, 0) is 15.5 Å². The minimum absolute atomic E-state index is 0.242. The van der Waals surface area contributed by atoms with Gasteiger partial charge in [-0.1, -0.05) is 11.4 Å². The van der Waals surface area contributed by atoms with Crippen molar-refractivity contribution in [3.63, 3.8) is 0 Å². The summed E-state index contributed by atoms with van der Waals surface area (Å²) in [4.78, 5) is 4.42. The molecule has 0 radical (unpaired) electrons. The Morgan fingerprint density at radius 3 is 2.81 bits per heavy atom. The molecule has 2 rings (SSSR count). The van der Waals surface area contributed by atoms with Crippen LogP contribution in [0.25, 0.3) is 10.7 Å². The second-order valence-corrected chi connectivity index (χ2v) is 6.04. The molecule has 0 aliphatic rings. The second kappa shape index (κ2) is 4.07. The van der Waals surface area contributed by atoms with Crippen molar-refractivity contribution in [3.8, 4) is 10.7 Å². The predicted octanol–water partition coefficient (Wildman–Crippen LogP) is 0.813. The molecule has 7 nitrogen and oxygen atoms in total. The second-order valence-electron chi connectivity index (χ2n) is 2.80. The zero-order valence-electron chi connectivity index (χ0n) is 8.01. The molecule has 86 valence electrons.